The van der Waals surface area contributed by atoms with E-state index in [9.17, 15) is 13.6 Å². The summed E-state index contributed by atoms with van der Waals surface area (Å²) < 4.78 is 32.4. The number of benzene rings is 1. The minimum absolute atomic E-state index is 0.00209. The third-order valence-electron chi connectivity index (χ3n) is 2.65. The number of alkyl halides is 2. The van der Waals surface area contributed by atoms with E-state index >= 15 is 0 Å². The highest BCUT2D eigenvalue weighted by molar-refractivity contribution is 5.98. The van der Waals surface area contributed by atoms with Gasteiger partial charge in [-0.15, -0.1) is 13.2 Å². The third kappa shape index (κ3) is 3.66. The van der Waals surface area contributed by atoms with Crippen molar-refractivity contribution in [3.63, 3.8) is 0 Å². The standard InChI is InChI=1S/C15H17F2NO2/c1-4-10-15(16,17)14(19)18(11-5-2)12-6-8-13(20-3)9-7-12/h4-9H,1-2,10-11H2,3H3. The minimum atomic E-state index is -3.48. The van der Waals surface area contributed by atoms with Gasteiger partial charge in [0.2, 0.25) is 0 Å². The first kappa shape index (κ1) is 15.9. The first-order valence-corrected chi connectivity index (χ1v) is 6.02. The number of carbonyl (C=O) groups is 1. The van der Waals surface area contributed by atoms with Crippen LogP contribution in [0.3, 0.4) is 0 Å². The zero-order valence-corrected chi connectivity index (χ0v) is 11.3. The van der Waals surface area contributed by atoms with E-state index in [2.05, 4.69) is 13.2 Å². The van der Waals surface area contributed by atoms with Crippen LogP contribution in [-0.2, 0) is 4.79 Å². The molecule has 0 spiro atoms. The Morgan fingerprint density at radius 3 is 2.35 bits per heavy atom. The SMILES string of the molecule is C=CCN(C(=O)C(F)(F)CC=C)c1ccc(OC)cc1. The summed E-state index contributed by atoms with van der Waals surface area (Å²) in [4.78, 5) is 12.9. The zero-order chi connectivity index (χ0) is 15.2. The van der Waals surface area contributed by atoms with Gasteiger partial charge in [-0.2, -0.15) is 8.78 Å². The Morgan fingerprint density at radius 1 is 1.30 bits per heavy atom. The molecule has 0 N–H and O–H groups in total. The van der Waals surface area contributed by atoms with Gasteiger partial charge in [-0.25, -0.2) is 0 Å². The van der Waals surface area contributed by atoms with E-state index in [1.807, 2.05) is 0 Å². The number of hydrogen-bond acceptors (Lipinski definition) is 2. The molecule has 0 saturated carbocycles. The first-order valence-electron chi connectivity index (χ1n) is 6.02. The van der Waals surface area contributed by atoms with Crippen LogP contribution >= 0.6 is 0 Å². The number of carbonyl (C=O) groups excluding carboxylic acids is 1. The molecule has 3 nitrogen and oxygen atoms in total. The lowest BCUT2D eigenvalue weighted by atomic mass is 10.2. The predicted octanol–water partition coefficient (Wildman–Crippen LogP) is 3.43. The Balaban J connectivity index is 3.06. The van der Waals surface area contributed by atoms with Crippen molar-refractivity contribution in [1.29, 1.82) is 0 Å². The minimum Gasteiger partial charge on any atom is -0.497 e. The monoisotopic (exact) mass is 281 g/mol. The van der Waals surface area contributed by atoms with Gasteiger partial charge in [0, 0.05) is 18.7 Å². The second-order valence-corrected chi connectivity index (χ2v) is 4.10. The smallest absolute Gasteiger partial charge is 0.328 e. The van der Waals surface area contributed by atoms with E-state index < -0.39 is 18.3 Å². The molecule has 0 aliphatic carbocycles. The highest BCUT2D eigenvalue weighted by Crippen LogP contribution is 2.27. The Hall–Kier alpha value is -2.17. The highest BCUT2D eigenvalue weighted by Gasteiger charge is 2.40. The van der Waals surface area contributed by atoms with Gasteiger partial charge in [0.05, 0.1) is 7.11 Å². The second kappa shape index (κ2) is 6.84. The zero-order valence-electron chi connectivity index (χ0n) is 11.3. The Bertz CT molecular complexity index is 483. The molecule has 1 aromatic carbocycles. The van der Waals surface area contributed by atoms with Gasteiger partial charge in [0.25, 0.3) is 5.91 Å². The maximum Gasteiger partial charge on any atom is 0.328 e. The molecule has 20 heavy (non-hydrogen) atoms. The molecule has 1 amide bonds. The average Bonchev–Trinajstić information content (AvgIpc) is 2.44. The fourth-order valence-electron chi connectivity index (χ4n) is 1.66. The summed E-state index contributed by atoms with van der Waals surface area (Å²) in [7, 11) is 1.50. The van der Waals surface area contributed by atoms with Crippen molar-refractivity contribution in [2.24, 2.45) is 0 Å². The summed E-state index contributed by atoms with van der Waals surface area (Å²) >= 11 is 0. The molecule has 1 aromatic rings. The van der Waals surface area contributed by atoms with Crippen LogP contribution < -0.4 is 9.64 Å². The van der Waals surface area contributed by atoms with Crippen molar-refractivity contribution in [3.8, 4) is 5.75 Å². The van der Waals surface area contributed by atoms with Crippen molar-refractivity contribution in [2.75, 3.05) is 18.6 Å². The van der Waals surface area contributed by atoms with E-state index in [1.54, 1.807) is 24.3 Å². The maximum atomic E-state index is 13.7. The quantitative estimate of drug-likeness (QED) is 0.717. The molecule has 0 bridgehead atoms. The lowest BCUT2D eigenvalue weighted by molar-refractivity contribution is -0.141. The molecular weight excluding hydrogens is 264 g/mol. The molecule has 0 unspecified atom stereocenters. The summed E-state index contributed by atoms with van der Waals surface area (Å²) in [5.41, 5.74) is 0.361. The lowest BCUT2D eigenvalue weighted by Crippen LogP contribution is -2.43. The van der Waals surface area contributed by atoms with E-state index in [4.69, 9.17) is 4.74 Å². The topological polar surface area (TPSA) is 29.5 Å². The fraction of sp³-hybridized carbons (Fsp3) is 0.267. The molecule has 0 aliphatic heterocycles. The van der Waals surface area contributed by atoms with Crippen LogP contribution in [0.1, 0.15) is 6.42 Å². The van der Waals surface area contributed by atoms with Gasteiger partial charge in [-0.3, -0.25) is 4.79 Å². The normalized spacial score (nSPS) is 10.8. The van der Waals surface area contributed by atoms with E-state index in [1.165, 1.54) is 13.2 Å². The van der Waals surface area contributed by atoms with Crippen molar-refractivity contribution < 1.29 is 18.3 Å². The summed E-state index contributed by atoms with van der Waals surface area (Å²) in [6.07, 6.45) is 1.72. The first-order chi connectivity index (χ1) is 9.46. The van der Waals surface area contributed by atoms with Gasteiger partial charge < -0.3 is 9.64 Å². The van der Waals surface area contributed by atoms with Crippen LogP contribution in [0.25, 0.3) is 0 Å². The van der Waals surface area contributed by atoms with Crippen LogP contribution in [0.15, 0.2) is 49.6 Å². The number of halogens is 2. The molecule has 0 saturated heterocycles. The number of amides is 1. The van der Waals surface area contributed by atoms with Crippen LogP contribution in [0.5, 0.6) is 5.75 Å². The largest absolute Gasteiger partial charge is 0.497 e. The van der Waals surface area contributed by atoms with Gasteiger partial charge >= 0.3 is 5.92 Å². The number of hydrogen-bond donors (Lipinski definition) is 0. The van der Waals surface area contributed by atoms with E-state index in [0.29, 0.717) is 11.4 Å². The van der Waals surface area contributed by atoms with Gasteiger partial charge in [0.15, 0.2) is 0 Å². The lowest BCUT2D eigenvalue weighted by Gasteiger charge is -2.25. The molecule has 5 heteroatoms. The van der Waals surface area contributed by atoms with Gasteiger partial charge in [-0.1, -0.05) is 12.2 Å². The third-order valence-corrected chi connectivity index (χ3v) is 2.65. The van der Waals surface area contributed by atoms with Crippen LogP contribution in [-0.4, -0.2) is 25.5 Å². The summed E-state index contributed by atoms with van der Waals surface area (Å²) in [5.74, 6) is -4.18. The number of rotatable bonds is 7. The number of ether oxygens (including phenoxy) is 1. The highest BCUT2D eigenvalue weighted by atomic mass is 19.3. The van der Waals surface area contributed by atoms with Crippen molar-refractivity contribution in [2.45, 2.75) is 12.3 Å². The van der Waals surface area contributed by atoms with Crippen molar-refractivity contribution in [3.05, 3.63) is 49.6 Å². The molecule has 0 heterocycles. The van der Waals surface area contributed by atoms with Crippen molar-refractivity contribution >= 4 is 11.6 Å². The van der Waals surface area contributed by atoms with Gasteiger partial charge in [-0.05, 0) is 24.3 Å². The molecule has 0 fully saturated rings. The van der Waals surface area contributed by atoms with Gasteiger partial charge in [0.1, 0.15) is 5.75 Å². The summed E-state index contributed by atoms with van der Waals surface area (Å²) in [6.45, 7) is 6.73. The predicted molar refractivity (Wildman–Crippen MR) is 75.3 cm³/mol. The van der Waals surface area contributed by atoms with E-state index in [-0.39, 0.29) is 6.54 Å². The number of allylic oxidation sites excluding steroid dienone is 1. The number of anilines is 1. The summed E-state index contributed by atoms with van der Waals surface area (Å²) in [5, 5.41) is 0. The molecule has 0 aromatic heterocycles. The van der Waals surface area contributed by atoms with E-state index in [0.717, 1.165) is 11.0 Å². The Morgan fingerprint density at radius 2 is 1.90 bits per heavy atom. The molecule has 108 valence electrons. The molecule has 0 radical (unpaired) electrons. The average molecular weight is 281 g/mol. The number of methoxy groups -OCH3 is 1. The fourth-order valence-corrected chi connectivity index (χ4v) is 1.66. The maximum absolute atomic E-state index is 13.7. The molecular formula is C15H17F2NO2. The number of nitrogens with zero attached hydrogens (tertiary/aromatic N) is 1. The Labute approximate surface area is 117 Å². The van der Waals surface area contributed by atoms with Crippen molar-refractivity contribution in [1.82, 2.24) is 0 Å². The van der Waals surface area contributed by atoms with Crippen LogP contribution in [0, 0.1) is 0 Å². The van der Waals surface area contributed by atoms with Crippen LogP contribution in [0.4, 0.5) is 14.5 Å². The molecule has 0 aliphatic rings. The summed E-state index contributed by atoms with van der Waals surface area (Å²) in [6, 6.07) is 6.29. The molecule has 0 atom stereocenters. The Kier molecular flexibility index (Phi) is 5.43. The molecule has 1 rings (SSSR count). The second-order valence-electron chi connectivity index (χ2n) is 4.10. The van der Waals surface area contributed by atoms with Crippen LogP contribution in [0.2, 0.25) is 0 Å².